The van der Waals surface area contributed by atoms with Crippen molar-refractivity contribution < 1.29 is 0 Å². The Morgan fingerprint density at radius 1 is 0.408 bits per heavy atom. The molecule has 12 aromatic rings. The molecule has 16 rings (SSSR count). The van der Waals surface area contributed by atoms with E-state index in [-0.39, 0.29) is 13.7 Å². The molecule has 0 saturated carbocycles. The van der Waals surface area contributed by atoms with E-state index in [1.54, 1.807) is 0 Å². The van der Waals surface area contributed by atoms with Crippen molar-refractivity contribution in [2.45, 2.75) is 25.7 Å². The number of aromatic nitrogens is 2. The Labute approximate surface area is 417 Å². The Morgan fingerprint density at radius 3 is 1.39 bits per heavy atom. The zero-order valence-corrected chi connectivity index (χ0v) is 40.6. The summed E-state index contributed by atoms with van der Waals surface area (Å²) in [5, 5.41) is 5.17. The van der Waals surface area contributed by atoms with Crippen LogP contribution in [0.4, 0.5) is 34.1 Å². The summed E-state index contributed by atoms with van der Waals surface area (Å²) in [5.41, 5.74) is 29.3. The Kier molecular flexibility index (Phi) is 7.97. The van der Waals surface area contributed by atoms with Gasteiger partial charge in [-0.25, -0.2) is 0 Å². The van der Waals surface area contributed by atoms with E-state index >= 15 is 0 Å². The fraction of sp³-hybridized carbons (Fsp3) is 0.0625. The zero-order valence-electron chi connectivity index (χ0n) is 39.8. The van der Waals surface area contributed by atoms with Crippen molar-refractivity contribution in [3.63, 3.8) is 0 Å². The molecule has 332 valence electrons. The number of hydrogen-bond donors (Lipinski definition) is 0. The summed E-state index contributed by atoms with van der Waals surface area (Å²) in [6.07, 6.45) is 2.21. The highest BCUT2D eigenvalue weighted by Gasteiger charge is 2.52. The minimum atomic E-state index is -0.148. The first-order valence-electron chi connectivity index (χ1n) is 24.9. The number of fused-ring (bicyclic) bond motifs is 16. The lowest BCUT2D eigenvalue weighted by Crippen LogP contribution is -2.62. The lowest BCUT2D eigenvalue weighted by molar-refractivity contribution is 1.20. The molecule has 0 spiro atoms. The van der Waals surface area contributed by atoms with Crippen LogP contribution in [0.15, 0.2) is 199 Å². The van der Waals surface area contributed by atoms with Gasteiger partial charge in [0.1, 0.15) is 0 Å². The maximum atomic E-state index is 2.72. The summed E-state index contributed by atoms with van der Waals surface area (Å²) in [6.45, 7) is 6.49. The van der Waals surface area contributed by atoms with Gasteiger partial charge in [0.2, 0.25) is 0 Å². The topological polar surface area (TPSA) is 16.3 Å². The maximum Gasteiger partial charge on any atom is 0.333 e. The van der Waals surface area contributed by atoms with Crippen molar-refractivity contribution in [2.75, 3.05) is 16.1 Å². The molecule has 4 aliphatic rings. The number of thioether (sulfide) groups is 1. The van der Waals surface area contributed by atoms with E-state index in [9.17, 15) is 0 Å². The molecule has 0 N–H and O–H groups in total. The number of benzene rings is 10. The van der Waals surface area contributed by atoms with Crippen LogP contribution >= 0.6 is 11.8 Å². The molecular formula is C64H44B2N4S. The summed E-state index contributed by atoms with van der Waals surface area (Å²) in [5.74, 6) is 0. The van der Waals surface area contributed by atoms with Gasteiger partial charge in [0.05, 0.1) is 11.4 Å². The standard InChI is InChI=1S/C64H44B2N4S/c1-37-33-38(2)56(39(3)34-37)40-29-31-50-54(35-40)67(41-17-7-5-8-18-41)63-59-57(48-25-15-23-46-44-21-11-13-27-52(44)69(61(46)48)65(50)59)58-49-26-16-24-47-45-22-12-14-28-53(45)70(62(47)49)66-51-32-30-43(71-4)36-55(51)68(64(63)60(58)66)42-19-9-6-10-20-42/h5-36H,1-4H3. The predicted molar refractivity (Wildman–Crippen MR) is 305 cm³/mol. The number of anilines is 6. The molecule has 0 atom stereocenters. The van der Waals surface area contributed by atoms with Crippen LogP contribution in [-0.4, -0.2) is 28.9 Å². The molecule has 0 aliphatic carbocycles. The average Bonchev–Trinajstić information content (AvgIpc) is 3.93. The first-order chi connectivity index (χ1) is 35.0. The fourth-order valence-electron chi connectivity index (χ4n) is 14.0. The highest BCUT2D eigenvalue weighted by atomic mass is 32.2. The molecule has 7 heteroatoms. The SMILES string of the molecule is CSc1ccc2c(c1)N(c1ccccc1)c1c3c(c4c5c1N(c1ccccc1)c1cc(-c6c(C)cc(C)cc6C)ccc1B5n1c5ccccc5c5cccc-4c51)-c1cccc4c5ccccc5n(c14)B23. The molecule has 0 bridgehead atoms. The third kappa shape index (κ3) is 5.04. The molecule has 10 aromatic carbocycles. The van der Waals surface area contributed by atoms with Crippen LogP contribution in [0.3, 0.4) is 0 Å². The van der Waals surface area contributed by atoms with E-state index in [1.165, 1.54) is 143 Å². The average molecular weight is 923 g/mol. The first kappa shape index (κ1) is 39.7. The van der Waals surface area contributed by atoms with Gasteiger partial charge >= 0.3 is 13.7 Å². The number of para-hydroxylation sites is 6. The minimum absolute atomic E-state index is 0.127. The molecule has 4 nitrogen and oxygen atoms in total. The summed E-state index contributed by atoms with van der Waals surface area (Å²) in [6, 6.07) is 74.2. The summed E-state index contributed by atoms with van der Waals surface area (Å²) < 4.78 is 5.44. The van der Waals surface area contributed by atoms with Crippen LogP contribution in [0.5, 0.6) is 0 Å². The van der Waals surface area contributed by atoms with Gasteiger partial charge in [-0.05, 0) is 137 Å². The van der Waals surface area contributed by atoms with E-state index in [2.05, 4.69) is 240 Å². The number of aryl methyl sites for hydroxylation is 3. The summed E-state index contributed by atoms with van der Waals surface area (Å²) >= 11 is 1.81. The number of nitrogens with zero attached hydrogens (tertiary/aromatic N) is 4. The summed E-state index contributed by atoms with van der Waals surface area (Å²) in [4.78, 5) is 6.56. The quantitative estimate of drug-likeness (QED) is 0.129. The van der Waals surface area contributed by atoms with Gasteiger partial charge in [0.25, 0.3) is 0 Å². The van der Waals surface area contributed by atoms with E-state index in [1.807, 2.05) is 11.8 Å². The fourth-order valence-corrected chi connectivity index (χ4v) is 14.4. The Bertz CT molecular complexity index is 4320. The van der Waals surface area contributed by atoms with Crippen molar-refractivity contribution in [3.8, 4) is 33.4 Å². The molecule has 2 aromatic heterocycles. The monoisotopic (exact) mass is 922 g/mol. The van der Waals surface area contributed by atoms with Gasteiger partial charge in [-0.2, -0.15) is 0 Å². The van der Waals surface area contributed by atoms with Crippen LogP contribution in [0, 0.1) is 20.8 Å². The van der Waals surface area contributed by atoms with Gasteiger partial charge in [0, 0.05) is 82.4 Å². The molecule has 0 saturated heterocycles. The van der Waals surface area contributed by atoms with E-state index in [0.717, 1.165) is 11.4 Å². The number of rotatable bonds is 4. The van der Waals surface area contributed by atoms with E-state index in [4.69, 9.17) is 0 Å². The van der Waals surface area contributed by atoms with Gasteiger partial charge in [-0.1, -0.05) is 145 Å². The summed E-state index contributed by atoms with van der Waals surface area (Å²) in [7, 11) is 0. The highest BCUT2D eigenvalue weighted by molar-refractivity contribution is 7.98. The van der Waals surface area contributed by atoms with Crippen LogP contribution in [-0.2, 0) is 0 Å². The van der Waals surface area contributed by atoms with Crippen LogP contribution in [0.1, 0.15) is 16.7 Å². The van der Waals surface area contributed by atoms with Gasteiger partial charge in [-0.15, -0.1) is 11.8 Å². The van der Waals surface area contributed by atoms with Crippen molar-refractivity contribution >= 4 is 125 Å². The largest absolute Gasteiger partial charge is 0.375 e. The second-order valence-corrected chi connectivity index (χ2v) is 21.0. The zero-order chi connectivity index (χ0) is 47.0. The second kappa shape index (κ2) is 14.2. The lowest BCUT2D eigenvalue weighted by atomic mass is 9.40. The van der Waals surface area contributed by atoms with E-state index < -0.39 is 0 Å². The van der Waals surface area contributed by atoms with Crippen LogP contribution < -0.4 is 31.7 Å². The third-order valence-electron chi connectivity index (χ3n) is 16.4. The minimum Gasteiger partial charge on any atom is -0.375 e. The van der Waals surface area contributed by atoms with Crippen LogP contribution in [0.25, 0.3) is 77.0 Å². The lowest BCUT2D eigenvalue weighted by Gasteiger charge is -2.48. The van der Waals surface area contributed by atoms with Gasteiger partial charge in [0.15, 0.2) is 0 Å². The molecular weight excluding hydrogens is 878 g/mol. The van der Waals surface area contributed by atoms with Crippen molar-refractivity contribution in [1.82, 2.24) is 8.96 Å². The highest BCUT2D eigenvalue weighted by Crippen LogP contribution is 2.56. The molecule has 4 aliphatic heterocycles. The smallest absolute Gasteiger partial charge is 0.333 e. The van der Waals surface area contributed by atoms with Crippen LogP contribution in [0.2, 0.25) is 0 Å². The molecule has 0 fully saturated rings. The predicted octanol–water partition coefficient (Wildman–Crippen LogP) is 14.1. The van der Waals surface area contributed by atoms with Gasteiger partial charge < -0.3 is 18.8 Å². The maximum absolute atomic E-state index is 2.72. The Hall–Kier alpha value is -8.12. The van der Waals surface area contributed by atoms with Crippen molar-refractivity contribution in [2.24, 2.45) is 0 Å². The van der Waals surface area contributed by atoms with Crippen molar-refractivity contribution in [3.05, 3.63) is 211 Å². The normalized spacial score (nSPS) is 13.6. The Morgan fingerprint density at radius 2 is 0.873 bits per heavy atom. The molecule has 6 heterocycles. The second-order valence-electron chi connectivity index (χ2n) is 20.1. The molecule has 0 unspecified atom stereocenters. The first-order valence-corrected chi connectivity index (χ1v) is 26.1. The van der Waals surface area contributed by atoms with Gasteiger partial charge in [-0.3, -0.25) is 0 Å². The van der Waals surface area contributed by atoms with Crippen molar-refractivity contribution in [1.29, 1.82) is 0 Å². The molecule has 0 radical (unpaired) electrons. The molecule has 0 amide bonds. The molecule has 71 heavy (non-hydrogen) atoms. The third-order valence-corrected chi connectivity index (χ3v) is 17.1. The van der Waals surface area contributed by atoms with E-state index in [0.29, 0.717) is 0 Å². The Balaban J connectivity index is 1.18. The number of hydrogen-bond acceptors (Lipinski definition) is 3.